The lowest BCUT2D eigenvalue weighted by Gasteiger charge is -2.33. The largest absolute Gasteiger partial charge is 0.496 e. The third-order valence-corrected chi connectivity index (χ3v) is 4.22. The second-order valence-electron chi connectivity index (χ2n) is 5.80. The molecule has 0 bridgehead atoms. The zero-order valence-electron chi connectivity index (χ0n) is 12.4. The van der Waals surface area contributed by atoms with E-state index in [9.17, 15) is 0 Å². The fourth-order valence-electron chi connectivity index (χ4n) is 2.97. The summed E-state index contributed by atoms with van der Waals surface area (Å²) in [5.41, 5.74) is 8.54. The molecule has 0 aromatic heterocycles. The second-order valence-corrected chi connectivity index (χ2v) is 5.80. The van der Waals surface area contributed by atoms with Crippen LogP contribution in [0.1, 0.15) is 36.8 Å². The number of benzene rings is 1. The first-order chi connectivity index (χ1) is 9.10. The summed E-state index contributed by atoms with van der Waals surface area (Å²) in [6, 6.07) is 7.46. The van der Waals surface area contributed by atoms with E-state index >= 15 is 0 Å². The van der Waals surface area contributed by atoms with Crippen molar-refractivity contribution in [3.8, 4) is 5.75 Å². The van der Waals surface area contributed by atoms with Crippen LogP contribution in [0.25, 0.3) is 0 Å². The summed E-state index contributed by atoms with van der Waals surface area (Å²) >= 11 is 0. The standard InChI is InChI=1S/C16H26N2O/c1-12-4-9-16(19-3)13(10-12)11-18(2)15-7-5-14(17)6-8-15/h4,9-10,14-15H,5-8,11,17H2,1-3H3. The number of methoxy groups -OCH3 is 1. The molecule has 1 aliphatic rings. The number of rotatable bonds is 4. The fraction of sp³-hybridized carbons (Fsp3) is 0.625. The Kier molecular flexibility index (Phi) is 4.83. The van der Waals surface area contributed by atoms with Crippen LogP contribution in [0, 0.1) is 6.92 Å². The van der Waals surface area contributed by atoms with E-state index in [-0.39, 0.29) is 0 Å². The van der Waals surface area contributed by atoms with Gasteiger partial charge in [0.15, 0.2) is 0 Å². The lowest BCUT2D eigenvalue weighted by Crippen LogP contribution is -2.38. The van der Waals surface area contributed by atoms with Crippen LogP contribution in [-0.2, 0) is 6.54 Å². The Morgan fingerprint density at radius 1 is 1.26 bits per heavy atom. The molecule has 19 heavy (non-hydrogen) atoms. The summed E-state index contributed by atoms with van der Waals surface area (Å²) in [6.07, 6.45) is 4.73. The van der Waals surface area contributed by atoms with Gasteiger partial charge in [-0.05, 0) is 45.7 Å². The van der Waals surface area contributed by atoms with Gasteiger partial charge in [-0.1, -0.05) is 17.7 Å². The van der Waals surface area contributed by atoms with Crippen molar-refractivity contribution in [3.05, 3.63) is 29.3 Å². The lowest BCUT2D eigenvalue weighted by molar-refractivity contribution is 0.174. The third-order valence-electron chi connectivity index (χ3n) is 4.22. The molecular weight excluding hydrogens is 236 g/mol. The fourth-order valence-corrected chi connectivity index (χ4v) is 2.97. The highest BCUT2D eigenvalue weighted by Gasteiger charge is 2.22. The van der Waals surface area contributed by atoms with Crippen molar-refractivity contribution < 1.29 is 4.74 Å². The Morgan fingerprint density at radius 3 is 2.58 bits per heavy atom. The number of nitrogens with zero attached hydrogens (tertiary/aromatic N) is 1. The Labute approximate surface area is 116 Å². The van der Waals surface area contributed by atoms with E-state index in [4.69, 9.17) is 10.5 Å². The van der Waals surface area contributed by atoms with Crippen LogP contribution < -0.4 is 10.5 Å². The molecule has 1 aromatic carbocycles. The summed E-state index contributed by atoms with van der Waals surface area (Å²) in [7, 11) is 3.96. The summed E-state index contributed by atoms with van der Waals surface area (Å²) in [4.78, 5) is 2.45. The normalized spacial score (nSPS) is 23.6. The summed E-state index contributed by atoms with van der Waals surface area (Å²) in [6.45, 7) is 3.08. The van der Waals surface area contributed by atoms with Gasteiger partial charge >= 0.3 is 0 Å². The minimum absolute atomic E-state index is 0.415. The number of hydrogen-bond donors (Lipinski definition) is 1. The highest BCUT2D eigenvalue weighted by molar-refractivity contribution is 5.36. The van der Waals surface area contributed by atoms with Crippen molar-refractivity contribution in [2.24, 2.45) is 5.73 Å². The maximum absolute atomic E-state index is 5.98. The first kappa shape index (κ1) is 14.4. The van der Waals surface area contributed by atoms with Crippen LogP contribution in [0.3, 0.4) is 0 Å². The van der Waals surface area contributed by atoms with Gasteiger partial charge in [-0.2, -0.15) is 0 Å². The van der Waals surface area contributed by atoms with E-state index < -0.39 is 0 Å². The van der Waals surface area contributed by atoms with Crippen LogP contribution >= 0.6 is 0 Å². The van der Waals surface area contributed by atoms with Crippen molar-refractivity contribution >= 4 is 0 Å². The zero-order valence-corrected chi connectivity index (χ0v) is 12.4. The van der Waals surface area contributed by atoms with Crippen LogP contribution in [-0.4, -0.2) is 31.1 Å². The molecule has 1 aromatic rings. The van der Waals surface area contributed by atoms with Crippen molar-refractivity contribution in [1.82, 2.24) is 4.90 Å². The van der Waals surface area contributed by atoms with Gasteiger partial charge in [0.2, 0.25) is 0 Å². The van der Waals surface area contributed by atoms with Crippen LogP contribution in [0.2, 0.25) is 0 Å². The minimum atomic E-state index is 0.415. The Bertz CT molecular complexity index is 411. The average molecular weight is 262 g/mol. The minimum Gasteiger partial charge on any atom is -0.496 e. The predicted molar refractivity (Wildman–Crippen MR) is 79.4 cm³/mol. The average Bonchev–Trinajstić information content (AvgIpc) is 2.39. The molecule has 3 heteroatoms. The van der Waals surface area contributed by atoms with E-state index in [1.165, 1.54) is 24.0 Å². The van der Waals surface area contributed by atoms with E-state index in [0.29, 0.717) is 12.1 Å². The smallest absolute Gasteiger partial charge is 0.123 e. The van der Waals surface area contributed by atoms with E-state index in [1.54, 1.807) is 7.11 Å². The Morgan fingerprint density at radius 2 is 1.95 bits per heavy atom. The van der Waals surface area contributed by atoms with Crippen LogP contribution in [0.5, 0.6) is 5.75 Å². The first-order valence-corrected chi connectivity index (χ1v) is 7.19. The van der Waals surface area contributed by atoms with E-state index in [0.717, 1.165) is 25.1 Å². The number of nitrogens with two attached hydrogens (primary N) is 1. The molecule has 0 spiro atoms. The molecule has 0 unspecified atom stereocenters. The predicted octanol–water partition coefficient (Wildman–Crippen LogP) is 2.71. The third kappa shape index (κ3) is 3.71. The first-order valence-electron chi connectivity index (χ1n) is 7.19. The molecule has 1 fully saturated rings. The summed E-state index contributed by atoms with van der Waals surface area (Å²) in [5.74, 6) is 0.991. The summed E-state index contributed by atoms with van der Waals surface area (Å²) < 4.78 is 5.46. The zero-order chi connectivity index (χ0) is 13.8. The van der Waals surface area contributed by atoms with Gasteiger partial charge in [-0.3, -0.25) is 4.90 Å². The Balaban J connectivity index is 2.02. The molecule has 0 amide bonds. The molecule has 0 saturated heterocycles. The van der Waals surface area contributed by atoms with Crippen LogP contribution in [0.4, 0.5) is 0 Å². The van der Waals surface area contributed by atoms with Crippen molar-refractivity contribution in [3.63, 3.8) is 0 Å². The van der Waals surface area contributed by atoms with Gasteiger partial charge in [-0.15, -0.1) is 0 Å². The number of aryl methyl sites for hydroxylation is 1. The molecule has 3 nitrogen and oxygen atoms in total. The molecular formula is C16H26N2O. The topological polar surface area (TPSA) is 38.5 Å². The van der Waals surface area contributed by atoms with Gasteiger partial charge < -0.3 is 10.5 Å². The SMILES string of the molecule is COc1ccc(C)cc1CN(C)C1CCC(N)CC1. The molecule has 1 aliphatic carbocycles. The quantitative estimate of drug-likeness (QED) is 0.906. The van der Waals surface area contributed by atoms with Gasteiger partial charge in [-0.25, -0.2) is 0 Å². The monoisotopic (exact) mass is 262 g/mol. The lowest BCUT2D eigenvalue weighted by atomic mass is 9.91. The molecule has 1 saturated carbocycles. The van der Waals surface area contributed by atoms with Gasteiger partial charge in [0, 0.05) is 24.2 Å². The number of ether oxygens (including phenoxy) is 1. The van der Waals surface area contributed by atoms with Crippen LogP contribution in [0.15, 0.2) is 18.2 Å². The van der Waals surface area contributed by atoms with Gasteiger partial charge in [0.25, 0.3) is 0 Å². The molecule has 0 heterocycles. The Hall–Kier alpha value is -1.06. The second kappa shape index (κ2) is 6.40. The maximum atomic E-state index is 5.98. The molecule has 2 N–H and O–H groups in total. The van der Waals surface area contributed by atoms with E-state index in [1.807, 2.05) is 0 Å². The van der Waals surface area contributed by atoms with Gasteiger partial charge in [0.05, 0.1) is 7.11 Å². The summed E-state index contributed by atoms with van der Waals surface area (Å²) in [5, 5.41) is 0. The molecule has 0 aliphatic heterocycles. The number of hydrogen-bond acceptors (Lipinski definition) is 3. The van der Waals surface area contributed by atoms with Crippen molar-refractivity contribution in [1.29, 1.82) is 0 Å². The molecule has 2 rings (SSSR count). The maximum Gasteiger partial charge on any atom is 0.123 e. The molecule has 0 atom stereocenters. The molecule has 0 radical (unpaired) electrons. The van der Waals surface area contributed by atoms with Crippen molar-refractivity contribution in [2.75, 3.05) is 14.2 Å². The van der Waals surface area contributed by atoms with Crippen molar-refractivity contribution in [2.45, 2.75) is 51.2 Å². The van der Waals surface area contributed by atoms with Gasteiger partial charge in [0.1, 0.15) is 5.75 Å². The molecule has 106 valence electrons. The highest BCUT2D eigenvalue weighted by Crippen LogP contribution is 2.26. The van der Waals surface area contributed by atoms with E-state index in [2.05, 4.69) is 37.1 Å². The highest BCUT2D eigenvalue weighted by atomic mass is 16.5.